The molecule has 1 atom stereocenters. The highest BCUT2D eigenvalue weighted by molar-refractivity contribution is 7.79. The molecule has 0 saturated heterocycles. The third-order valence-corrected chi connectivity index (χ3v) is 1.30. The van der Waals surface area contributed by atoms with Gasteiger partial charge >= 0.3 is 8.25 Å². The quantitative estimate of drug-likeness (QED) is 0.368. The van der Waals surface area contributed by atoms with Gasteiger partial charge in [0.25, 0.3) is 0 Å². The second kappa shape index (κ2) is 4.53. The summed E-state index contributed by atoms with van der Waals surface area (Å²) in [5.41, 5.74) is 0. The molecule has 42 valence electrons. The van der Waals surface area contributed by atoms with Gasteiger partial charge in [-0.1, -0.05) is 0 Å². The zero-order valence-electron chi connectivity index (χ0n) is 3.83. The van der Waals surface area contributed by atoms with Crippen molar-refractivity contribution in [3.05, 3.63) is 0 Å². The number of rotatable bonds is 3. The van der Waals surface area contributed by atoms with Crippen LogP contribution in [0.4, 0.5) is 0 Å². The van der Waals surface area contributed by atoms with Gasteiger partial charge in [0.15, 0.2) is 0 Å². The predicted octanol–water partition coefficient (Wildman–Crippen LogP) is 1.54. The molecule has 0 heterocycles. The molecule has 0 aromatic rings. The molecule has 0 aliphatic carbocycles. The van der Waals surface area contributed by atoms with E-state index in [0.29, 0.717) is 6.61 Å². The second-order valence-electron chi connectivity index (χ2n) is 0.723. The Hall–Kier alpha value is 0.370. The smallest absolute Gasteiger partial charge is 0.119 e. The maximum atomic E-state index is 10.0. The number of hydrogen-bond acceptors (Lipinski definition) is 4. The summed E-state index contributed by atoms with van der Waals surface area (Å²) in [7, 11) is -1.96. The Bertz CT molecular complexity index is 66.0. The van der Waals surface area contributed by atoms with E-state index >= 15 is 0 Å². The topological polar surface area (TPSA) is 35.5 Å². The van der Waals surface area contributed by atoms with Crippen molar-refractivity contribution in [2.24, 2.45) is 0 Å². The molecule has 0 amide bonds. The van der Waals surface area contributed by atoms with Crippen molar-refractivity contribution in [1.29, 1.82) is 0 Å². The highest BCUT2D eigenvalue weighted by Gasteiger charge is 2.14. The molecular formula is C2H6O3PS+. The predicted molar refractivity (Wildman–Crippen MR) is 29.3 cm³/mol. The molecule has 0 N–H and O–H groups in total. The van der Waals surface area contributed by atoms with Crippen LogP contribution < -0.4 is 0 Å². The van der Waals surface area contributed by atoms with E-state index in [1.807, 2.05) is 0 Å². The maximum absolute atomic E-state index is 10.0. The zero-order chi connectivity index (χ0) is 5.70. The van der Waals surface area contributed by atoms with Crippen molar-refractivity contribution in [3.8, 4) is 0 Å². The van der Waals surface area contributed by atoms with Crippen LogP contribution in [-0.4, -0.2) is 6.61 Å². The first-order valence-electron chi connectivity index (χ1n) is 1.73. The Morgan fingerprint density at radius 1 is 1.86 bits per heavy atom. The summed E-state index contributed by atoms with van der Waals surface area (Å²) in [6, 6.07) is 0. The molecule has 0 bridgehead atoms. The Labute approximate surface area is 48.6 Å². The first-order chi connectivity index (χ1) is 3.31. The molecule has 1 unspecified atom stereocenters. The summed E-state index contributed by atoms with van der Waals surface area (Å²) >= 11 is 3.24. The van der Waals surface area contributed by atoms with Crippen molar-refractivity contribution in [3.63, 3.8) is 0 Å². The van der Waals surface area contributed by atoms with Crippen LogP contribution in [0.15, 0.2) is 0 Å². The Morgan fingerprint density at radius 3 is 2.57 bits per heavy atom. The van der Waals surface area contributed by atoms with Crippen LogP contribution in [-0.2, 0) is 13.1 Å². The highest BCUT2D eigenvalue weighted by atomic mass is 32.1. The van der Waals surface area contributed by atoms with E-state index in [9.17, 15) is 4.57 Å². The minimum atomic E-state index is -1.96. The Morgan fingerprint density at radius 2 is 2.43 bits per heavy atom. The fourth-order valence-corrected chi connectivity index (χ4v) is 0.528. The lowest BCUT2D eigenvalue weighted by molar-refractivity contribution is 0.313. The van der Waals surface area contributed by atoms with E-state index < -0.39 is 8.25 Å². The van der Waals surface area contributed by atoms with Crippen LogP contribution >= 0.6 is 21.2 Å². The van der Waals surface area contributed by atoms with E-state index in [-0.39, 0.29) is 0 Å². The van der Waals surface area contributed by atoms with E-state index in [2.05, 4.69) is 21.4 Å². The largest absolute Gasteiger partial charge is 0.709 e. The monoisotopic (exact) mass is 141 g/mol. The Balaban J connectivity index is 3.00. The van der Waals surface area contributed by atoms with Gasteiger partial charge in [0.05, 0.1) is 0 Å². The summed E-state index contributed by atoms with van der Waals surface area (Å²) in [4.78, 5) is 0. The number of thiol groups is 1. The molecule has 0 spiro atoms. The SMILES string of the molecule is CCO[P+](=O)OS. The average molecular weight is 141 g/mol. The third-order valence-electron chi connectivity index (χ3n) is 0.301. The third kappa shape index (κ3) is 4.22. The molecule has 0 saturated carbocycles. The van der Waals surface area contributed by atoms with Gasteiger partial charge in [0.2, 0.25) is 0 Å². The second-order valence-corrected chi connectivity index (χ2v) is 2.08. The van der Waals surface area contributed by atoms with Crippen LogP contribution in [0.1, 0.15) is 6.92 Å². The van der Waals surface area contributed by atoms with Gasteiger partial charge in [-0.25, -0.2) is 0 Å². The molecule has 0 aliphatic heterocycles. The molecule has 0 fully saturated rings. The molecule has 0 aromatic carbocycles. The van der Waals surface area contributed by atoms with Crippen LogP contribution in [0, 0.1) is 0 Å². The maximum Gasteiger partial charge on any atom is 0.709 e. The standard InChI is InChI=1S/C2H5O3PS/c1-2-4-6(3)5-7/h2H2,1H3/p+1. The van der Waals surface area contributed by atoms with E-state index in [1.165, 1.54) is 0 Å². The molecule has 5 heteroatoms. The molecule has 7 heavy (non-hydrogen) atoms. The highest BCUT2D eigenvalue weighted by Crippen LogP contribution is 2.23. The Kier molecular flexibility index (Phi) is 4.77. The van der Waals surface area contributed by atoms with Gasteiger partial charge in [-0.2, -0.15) is 0 Å². The minimum Gasteiger partial charge on any atom is -0.119 e. The first-order valence-corrected chi connectivity index (χ1v) is 3.19. The first kappa shape index (κ1) is 7.37. The summed E-state index contributed by atoms with van der Waals surface area (Å²) in [5, 5.41) is 0. The lowest BCUT2D eigenvalue weighted by Gasteiger charge is -1.73. The number of hydrogen-bond donors (Lipinski definition) is 1. The van der Waals surface area contributed by atoms with Gasteiger partial charge in [-0.05, 0) is 10.9 Å². The van der Waals surface area contributed by atoms with Gasteiger partial charge in [-0.3, -0.25) is 0 Å². The van der Waals surface area contributed by atoms with Crippen LogP contribution in [0.25, 0.3) is 0 Å². The van der Waals surface area contributed by atoms with Crippen molar-refractivity contribution in [1.82, 2.24) is 0 Å². The van der Waals surface area contributed by atoms with Gasteiger partial charge < -0.3 is 0 Å². The normalized spacial score (nSPS) is 11.4. The fraction of sp³-hybridized carbons (Fsp3) is 1.00. The molecule has 0 aliphatic rings. The van der Waals surface area contributed by atoms with E-state index in [4.69, 9.17) is 0 Å². The molecule has 0 rings (SSSR count). The van der Waals surface area contributed by atoms with Gasteiger partial charge in [0, 0.05) is 17.5 Å². The lowest BCUT2D eigenvalue weighted by atomic mass is 10.9. The minimum absolute atomic E-state index is 0.385. The lowest BCUT2D eigenvalue weighted by Crippen LogP contribution is -1.74. The van der Waals surface area contributed by atoms with Gasteiger partial charge in [-0.15, -0.1) is 4.52 Å². The van der Waals surface area contributed by atoms with Crippen molar-refractivity contribution >= 4 is 21.2 Å². The van der Waals surface area contributed by atoms with Gasteiger partial charge in [0.1, 0.15) is 6.61 Å². The van der Waals surface area contributed by atoms with Crippen molar-refractivity contribution in [2.75, 3.05) is 6.61 Å². The summed E-state index contributed by atoms with van der Waals surface area (Å²) in [6.07, 6.45) is 0. The zero-order valence-corrected chi connectivity index (χ0v) is 5.62. The molecule has 0 aromatic heterocycles. The van der Waals surface area contributed by atoms with E-state index in [0.717, 1.165) is 0 Å². The molecule has 3 nitrogen and oxygen atoms in total. The molecule has 0 radical (unpaired) electrons. The van der Waals surface area contributed by atoms with Crippen molar-refractivity contribution in [2.45, 2.75) is 6.92 Å². The summed E-state index contributed by atoms with van der Waals surface area (Å²) < 4.78 is 18.4. The van der Waals surface area contributed by atoms with E-state index in [1.54, 1.807) is 6.92 Å². The summed E-state index contributed by atoms with van der Waals surface area (Å²) in [5.74, 6) is 0. The summed E-state index contributed by atoms with van der Waals surface area (Å²) in [6.45, 7) is 2.11. The average Bonchev–Trinajstić information content (AvgIpc) is 1.68. The van der Waals surface area contributed by atoms with Crippen LogP contribution in [0.2, 0.25) is 0 Å². The van der Waals surface area contributed by atoms with Crippen LogP contribution in [0.3, 0.4) is 0 Å². The van der Waals surface area contributed by atoms with Crippen LogP contribution in [0.5, 0.6) is 0 Å². The van der Waals surface area contributed by atoms with Crippen molar-refractivity contribution < 1.29 is 13.1 Å². The molecular weight excluding hydrogens is 135 g/mol. The fourth-order valence-electron chi connectivity index (χ4n) is 0.129.